The number of hydrogen-bond donors (Lipinski definition) is 2. The van der Waals surface area contributed by atoms with Crippen molar-refractivity contribution in [1.82, 2.24) is 14.9 Å². The fraction of sp³-hybridized carbons (Fsp3) is 0.200. The lowest BCUT2D eigenvalue weighted by Gasteiger charge is -2.13. The van der Waals surface area contributed by atoms with E-state index in [9.17, 15) is 19.8 Å². The summed E-state index contributed by atoms with van der Waals surface area (Å²) < 4.78 is 0.779. The van der Waals surface area contributed by atoms with Gasteiger partial charge in [-0.3, -0.25) is 4.79 Å². The number of likely N-dealkylation sites (tertiary alicyclic amines) is 1. The zero-order chi connectivity index (χ0) is 19.9. The van der Waals surface area contributed by atoms with Gasteiger partial charge in [0.1, 0.15) is 0 Å². The van der Waals surface area contributed by atoms with Gasteiger partial charge in [0.05, 0.1) is 15.9 Å². The molecule has 1 aromatic carbocycles. The van der Waals surface area contributed by atoms with E-state index < -0.39 is 17.5 Å². The Morgan fingerprint density at radius 1 is 1.32 bits per heavy atom. The number of nitrogens with zero attached hydrogens (tertiary/aromatic N) is 3. The molecule has 0 aliphatic carbocycles. The Balaban J connectivity index is 1.76. The number of carbonyl (C=O) groups excluding carboxylic acids is 1. The second-order valence-electron chi connectivity index (χ2n) is 6.50. The second kappa shape index (κ2) is 6.71. The molecule has 1 saturated heterocycles. The third-order valence-corrected chi connectivity index (χ3v) is 5.46. The van der Waals surface area contributed by atoms with Gasteiger partial charge < -0.3 is 15.1 Å². The number of aromatic carboxylic acids is 1. The Labute approximate surface area is 164 Å². The van der Waals surface area contributed by atoms with E-state index in [1.807, 2.05) is 11.4 Å². The van der Waals surface area contributed by atoms with Crippen molar-refractivity contribution in [1.29, 1.82) is 0 Å². The van der Waals surface area contributed by atoms with Crippen molar-refractivity contribution in [2.24, 2.45) is 0 Å². The van der Waals surface area contributed by atoms with Crippen LogP contribution in [0.3, 0.4) is 0 Å². The van der Waals surface area contributed by atoms with E-state index in [4.69, 9.17) is 0 Å². The van der Waals surface area contributed by atoms with E-state index in [0.29, 0.717) is 28.9 Å². The lowest BCUT2D eigenvalue weighted by Crippen LogP contribution is -2.37. The molecule has 0 saturated carbocycles. The van der Waals surface area contributed by atoms with Crippen molar-refractivity contribution in [3.8, 4) is 23.1 Å². The maximum absolute atomic E-state index is 12.1. The number of aromatic nitrogens is 2. The lowest BCUT2D eigenvalue weighted by molar-refractivity contribution is -0.137. The third-order valence-electron chi connectivity index (χ3n) is 4.55. The number of hydrogen-bond acceptors (Lipinski definition) is 6. The first-order valence-corrected chi connectivity index (χ1v) is 9.35. The highest BCUT2D eigenvalue weighted by Gasteiger charge is 2.42. The standard InChI is InChI=1S/C20H15N3O4S/c1-23-9-8-20(27,19(23)26)7-5-12-3-2-4-13(11-12)15-16-14(6-10-28-16)21-17(22-15)18(24)25/h2-4,6,10-11,27H,8-9H2,1H3,(H,24,25)/t20-/m0/s1. The Hall–Kier alpha value is -3.28. The normalized spacial score (nSPS) is 18.9. The first kappa shape index (κ1) is 18.1. The minimum absolute atomic E-state index is 0.263. The van der Waals surface area contributed by atoms with E-state index in [-0.39, 0.29) is 12.2 Å². The smallest absolute Gasteiger partial charge is 0.373 e. The summed E-state index contributed by atoms with van der Waals surface area (Å²) >= 11 is 1.42. The molecule has 2 aromatic heterocycles. The largest absolute Gasteiger partial charge is 0.475 e. The number of rotatable bonds is 2. The van der Waals surface area contributed by atoms with Gasteiger partial charge in [-0.15, -0.1) is 11.3 Å². The van der Waals surface area contributed by atoms with E-state index in [2.05, 4.69) is 21.8 Å². The third kappa shape index (κ3) is 3.11. The van der Waals surface area contributed by atoms with Crippen LogP contribution >= 0.6 is 11.3 Å². The van der Waals surface area contributed by atoms with Gasteiger partial charge in [-0.2, -0.15) is 0 Å². The molecule has 1 amide bonds. The maximum Gasteiger partial charge on any atom is 0.373 e. The topological polar surface area (TPSA) is 104 Å². The van der Waals surface area contributed by atoms with Gasteiger partial charge >= 0.3 is 5.97 Å². The Morgan fingerprint density at radius 3 is 2.86 bits per heavy atom. The van der Waals surface area contributed by atoms with Crippen molar-refractivity contribution in [2.45, 2.75) is 12.0 Å². The van der Waals surface area contributed by atoms with Gasteiger partial charge in [0.25, 0.3) is 5.91 Å². The van der Waals surface area contributed by atoms with Crippen LogP contribution in [0.5, 0.6) is 0 Å². The highest BCUT2D eigenvalue weighted by Crippen LogP contribution is 2.30. The molecule has 28 heavy (non-hydrogen) atoms. The van der Waals surface area contributed by atoms with Crippen molar-refractivity contribution >= 4 is 33.4 Å². The number of carbonyl (C=O) groups is 2. The molecule has 7 nitrogen and oxygen atoms in total. The molecule has 1 aliphatic heterocycles. The van der Waals surface area contributed by atoms with Crippen LogP contribution in [0.15, 0.2) is 35.7 Å². The molecular formula is C20H15N3O4S. The summed E-state index contributed by atoms with van der Waals surface area (Å²) in [5.41, 5.74) is 0.686. The Morgan fingerprint density at radius 2 is 2.14 bits per heavy atom. The van der Waals surface area contributed by atoms with Crippen LogP contribution in [-0.2, 0) is 4.79 Å². The molecule has 1 atom stereocenters. The molecule has 0 unspecified atom stereocenters. The maximum atomic E-state index is 12.1. The van der Waals surface area contributed by atoms with Crippen LogP contribution in [0.25, 0.3) is 21.5 Å². The zero-order valence-corrected chi connectivity index (χ0v) is 15.7. The van der Waals surface area contributed by atoms with E-state index in [1.165, 1.54) is 16.2 Å². The molecule has 8 heteroatoms. The summed E-state index contributed by atoms with van der Waals surface area (Å²) in [6, 6.07) is 8.84. The second-order valence-corrected chi connectivity index (χ2v) is 7.42. The van der Waals surface area contributed by atoms with Gasteiger partial charge in [-0.25, -0.2) is 14.8 Å². The van der Waals surface area contributed by atoms with Crippen LogP contribution in [-0.4, -0.2) is 56.2 Å². The van der Waals surface area contributed by atoms with E-state index in [1.54, 1.807) is 31.3 Å². The summed E-state index contributed by atoms with van der Waals surface area (Å²) in [5.74, 6) is 3.67. The van der Waals surface area contributed by atoms with Gasteiger partial charge in [0.15, 0.2) is 0 Å². The fourth-order valence-corrected chi connectivity index (χ4v) is 3.89. The summed E-state index contributed by atoms with van der Waals surface area (Å²) in [5, 5.41) is 21.5. The quantitative estimate of drug-likeness (QED) is 0.646. The average molecular weight is 393 g/mol. The minimum atomic E-state index is -1.67. The van der Waals surface area contributed by atoms with Crippen LogP contribution in [0.1, 0.15) is 22.6 Å². The molecule has 1 aliphatic rings. The van der Waals surface area contributed by atoms with Crippen LogP contribution in [0.4, 0.5) is 0 Å². The van der Waals surface area contributed by atoms with E-state index >= 15 is 0 Å². The number of thiophene rings is 1. The van der Waals surface area contributed by atoms with Gasteiger partial charge in [-0.05, 0) is 23.6 Å². The molecule has 0 radical (unpaired) electrons. The highest BCUT2D eigenvalue weighted by molar-refractivity contribution is 7.17. The molecule has 0 spiro atoms. The molecule has 2 N–H and O–H groups in total. The van der Waals surface area contributed by atoms with Gasteiger partial charge in [-0.1, -0.05) is 24.0 Å². The number of amides is 1. The van der Waals surface area contributed by atoms with Crippen LogP contribution < -0.4 is 0 Å². The molecule has 1 fully saturated rings. The van der Waals surface area contributed by atoms with Crippen LogP contribution in [0, 0.1) is 11.8 Å². The molecule has 140 valence electrons. The number of benzene rings is 1. The SMILES string of the molecule is CN1CC[C@@](O)(C#Cc2cccc(-c3nc(C(=O)O)nc4ccsc34)c2)C1=O. The van der Waals surface area contributed by atoms with E-state index in [0.717, 1.165) is 4.70 Å². The fourth-order valence-electron chi connectivity index (χ4n) is 3.04. The number of carboxylic acids is 1. The summed E-state index contributed by atoms with van der Waals surface area (Å²) in [4.78, 5) is 33.1. The predicted molar refractivity (Wildman–Crippen MR) is 104 cm³/mol. The monoisotopic (exact) mass is 393 g/mol. The first-order valence-electron chi connectivity index (χ1n) is 8.47. The lowest BCUT2D eigenvalue weighted by atomic mass is 10.0. The van der Waals surface area contributed by atoms with Crippen molar-refractivity contribution in [3.63, 3.8) is 0 Å². The molecule has 4 rings (SSSR count). The molecule has 3 heterocycles. The minimum Gasteiger partial charge on any atom is -0.475 e. The number of likely N-dealkylation sites (N-methyl/N-ethyl adjacent to an activating group) is 1. The molecule has 3 aromatic rings. The van der Waals surface area contributed by atoms with Gasteiger partial charge in [0, 0.05) is 31.1 Å². The van der Waals surface area contributed by atoms with Crippen molar-refractivity contribution in [2.75, 3.05) is 13.6 Å². The molecular weight excluding hydrogens is 378 g/mol. The number of aliphatic hydroxyl groups is 1. The predicted octanol–water partition coefficient (Wildman–Crippen LogP) is 2.00. The highest BCUT2D eigenvalue weighted by atomic mass is 32.1. The van der Waals surface area contributed by atoms with Gasteiger partial charge in [0.2, 0.25) is 11.4 Å². The summed E-state index contributed by atoms with van der Waals surface area (Å²) in [7, 11) is 1.63. The molecule has 0 bridgehead atoms. The van der Waals surface area contributed by atoms with Crippen LogP contribution in [0.2, 0.25) is 0 Å². The number of fused-ring (bicyclic) bond motifs is 1. The summed E-state index contributed by atoms with van der Waals surface area (Å²) in [6.45, 7) is 0.458. The van der Waals surface area contributed by atoms with Crippen molar-refractivity contribution in [3.05, 3.63) is 47.1 Å². The zero-order valence-electron chi connectivity index (χ0n) is 14.8. The Bertz CT molecular complexity index is 1180. The van der Waals surface area contributed by atoms with Crippen molar-refractivity contribution < 1.29 is 19.8 Å². The average Bonchev–Trinajstić information content (AvgIpc) is 3.27. The first-order chi connectivity index (χ1) is 13.4. The Kier molecular flexibility index (Phi) is 4.34. The number of carboxylic acid groups (broad SMARTS) is 1. The summed E-state index contributed by atoms with van der Waals surface area (Å²) in [6.07, 6.45) is 0.263.